The van der Waals surface area contributed by atoms with E-state index in [9.17, 15) is 0 Å². The van der Waals surface area contributed by atoms with Gasteiger partial charge in [0.05, 0.1) is 6.26 Å². The summed E-state index contributed by atoms with van der Waals surface area (Å²) in [6, 6.07) is 0. The van der Waals surface area contributed by atoms with Crippen LogP contribution in [0, 0.1) is 0 Å². The van der Waals surface area contributed by atoms with Crippen LogP contribution >= 0.6 is 0 Å². The molecule has 0 saturated carbocycles. The topological polar surface area (TPSA) is 33.3 Å². The van der Waals surface area contributed by atoms with E-state index in [0.29, 0.717) is 0 Å². The number of rotatable bonds is 0. The third kappa shape index (κ3) is 9.73. The number of ether oxygens (including phenoxy) is 1. The summed E-state index contributed by atoms with van der Waals surface area (Å²) in [5.41, 5.74) is 0. The molecule has 100 valence electrons. The highest BCUT2D eigenvalue weighted by Crippen LogP contribution is 1.92. The molecular weight excluding hydrogens is 224 g/mol. The molecule has 0 saturated heterocycles. The van der Waals surface area contributed by atoms with Crippen LogP contribution in [0.4, 0.5) is 0 Å². The molecule has 3 aliphatic rings. The Morgan fingerprint density at radius 2 is 1.89 bits per heavy atom. The van der Waals surface area contributed by atoms with Gasteiger partial charge in [-0.2, -0.15) is 0 Å². The van der Waals surface area contributed by atoms with E-state index in [2.05, 4.69) is 28.9 Å². The van der Waals surface area contributed by atoms with Crippen LogP contribution in [0.15, 0.2) is 48.9 Å². The van der Waals surface area contributed by atoms with Crippen molar-refractivity contribution < 1.29 is 4.74 Å². The van der Waals surface area contributed by atoms with Crippen molar-refractivity contribution in [1.82, 2.24) is 10.6 Å². The van der Waals surface area contributed by atoms with E-state index in [-0.39, 0.29) is 0 Å². The third-order valence-electron chi connectivity index (χ3n) is 2.46. The Morgan fingerprint density at radius 1 is 0.889 bits per heavy atom. The fourth-order valence-electron chi connectivity index (χ4n) is 1.49. The van der Waals surface area contributed by atoms with Gasteiger partial charge in [-0.1, -0.05) is 24.3 Å². The minimum atomic E-state index is 0.733. The van der Waals surface area contributed by atoms with Gasteiger partial charge in [-0.3, -0.25) is 0 Å². The molecule has 0 bridgehead atoms. The normalized spacial score (nSPS) is 19.6. The zero-order chi connectivity index (χ0) is 12.7. The predicted octanol–water partition coefficient (Wildman–Crippen LogP) is 2.51. The number of allylic oxidation sites excluding steroid dienone is 3. The molecule has 0 aliphatic carbocycles. The standard InChI is InChI=1S/2C5H9N.C5H6O/c3*1-2-4-6-5-3-1/h2,4,6H,1,3,5H2;1-2,6H,3-5H2;1-4H,5H2. The molecule has 0 spiro atoms. The van der Waals surface area contributed by atoms with Gasteiger partial charge in [0.15, 0.2) is 0 Å². The Bertz CT molecular complexity index is 247. The first kappa shape index (κ1) is 14.6. The minimum absolute atomic E-state index is 0.733. The summed E-state index contributed by atoms with van der Waals surface area (Å²) >= 11 is 0. The molecule has 0 atom stereocenters. The second kappa shape index (κ2) is 12.0. The molecule has 3 aliphatic heterocycles. The Morgan fingerprint density at radius 3 is 2.06 bits per heavy atom. The van der Waals surface area contributed by atoms with E-state index < -0.39 is 0 Å². The second-order valence-corrected chi connectivity index (χ2v) is 4.05. The predicted molar refractivity (Wildman–Crippen MR) is 77.2 cm³/mol. The van der Waals surface area contributed by atoms with Gasteiger partial charge >= 0.3 is 0 Å². The molecule has 2 N–H and O–H groups in total. The molecule has 0 radical (unpaired) electrons. The number of nitrogens with one attached hydrogen (secondary N) is 2. The Balaban J connectivity index is 0.000000135. The van der Waals surface area contributed by atoms with Gasteiger partial charge in [-0.15, -0.1) is 0 Å². The van der Waals surface area contributed by atoms with Gasteiger partial charge in [0.1, 0.15) is 6.61 Å². The summed E-state index contributed by atoms with van der Waals surface area (Å²) in [5.74, 6) is 0. The van der Waals surface area contributed by atoms with E-state index in [1.807, 2.05) is 24.4 Å². The lowest BCUT2D eigenvalue weighted by Gasteiger charge is -2.02. The molecular formula is C15H24N2O. The van der Waals surface area contributed by atoms with Crippen LogP contribution in [-0.4, -0.2) is 26.2 Å². The molecule has 18 heavy (non-hydrogen) atoms. The van der Waals surface area contributed by atoms with Crippen molar-refractivity contribution in [1.29, 1.82) is 0 Å². The Hall–Kier alpha value is -1.48. The molecule has 3 rings (SSSR count). The van der Waals surface area contributed by atoms with Crippen molar-refractivity contribution in [3.8, 4) is 0 Å². The first-order chi connectivity index (χ1) is 9.00. The molecule has 0 fully saturated rings. The molecule has 0 amide bonds. The van der Waals surface area contributed by atoms with Crippen LogP contribution in [0.3, 0.4) is 0 Å². The van der Waals surface area contributed by atoms with Crippen molar-refractivity contribution >= 4 is 0 Å². The van der Waals surface area contributed by atoms with Crippen LogP contribution in [0.25, 0.3) is 0 Å². The molecule has 3 heterocycles. The van der Waals surface area contributed by atoms with Gasteiger partial charge in [0, 0.05) is 13.1 Å². The van der Waals surface area contributed by atoms with Gasteiger partial charge in [0.25, 0.3) is 0 Å². The lowest BCUT2D eigenvalue weighted by Crippen LogP contribution is -2.17. The zero-order valence-electron chi connectivity index (χ0n) is 11.0. The molecule has 0 aromatic rings. The van der Waals surface area contributed by atoms with Crippen LogP contribution in [-0.2, 0) is 4.74 Å². The maximum atomic E-state index is 4.80. The third-order valence-corrected chi connectivity index (χ3v) is 2.46. The maximum absolute atomic E-state index is 4.80. The highest BCUT2D eigenvalue weighted by molar-refractivity contribution is 5.03. The maximum Gasteiger partial charge on any atom is 0.106 e. The van der Waals surface area contributed by atoms with Gasteiger partial charge in [-0.05, 0) is 44.2 Å². The minimum Gasteiger partial charge on any atom is -0.497 e. The molecule has 0 aromatic carbocycles. The van der Waals surface area contributed by atoms with E-state index >= 15 is 0 Å². The fraction of sp³-hybridized carbons (Fsp3) is 0.467. The molecule has 0 aromatic heterocycles. The lowest BCUT2D eigenvalue weighted by atomic mass is 10.2. The van der Waals surface area contributed by atoms with E-state index in [0.717, 1.165) is 26.2 Å². The summed E-state index contributed by atoms with van der Waals surface area (Å²) in [5, 5.41) is 6.30. The molecule has 0 unspecified atom stereocenters. The van der Waals surface area contributed by atoms with E-state index in [4.69, 9.17) is 4.74 Å². The number of hydrogen-bond acceptors (Lipinski definition) is 3. The van der Waals surface area contributed by atoms with Crippen LogP contribution < -0.4 is 10.6 Å². The highest BCUT2D eigenvalue weighted by atomic mass is 16.5. The first-order valence-electron chi connectivity index (χ1n) is 6.67. The largest absolute Gasteiger partial charge is 0.497 e. The van der Waals surface area contributed by atoms with Crippen LogP contribution in [0.2, 0.25) is 0 Å². The van der Waals surface area contributed by atoms with Gasteiger partial charge in [0.2, 0.25) is 0 Å². The van der Waals surface area contributed by atoms with Gasteiger partial charge in [-0.25, -0.2) is 0 Å². The summed E-state index contributed by atoms with van der Waals surface area (Å²) in [4.78, 5) is 0. The zero-order valence-corrected chi connectivity index (χ0v) is 11.0. The lowest BCUT2D eigenvalue weighted by molar-refractivity contribution is 0.286. The van der Waals surface area contributed by atoms with Crippen molar-refractivity contribution in [2.45, 2.75) is 19.3 Å². The van der Waals surface area contributed by atoms with Crippen LogP contribution in [0.1, 0.15) is 19.3 Å². The highest BCUT2D eigenvalue weighted by Gasteiger charge is 1.85. The molecule has 3 nitrogen and oxygen atoms in total. The van der Waals surface area contributed by atoms with Crippen molar-refractivity contribution in [3.63, 3.8) is 0 Å². The monoisotopic (exact) mass is 248 g/mol. The van der Waals surface area contributed by atoms with Crippen molar-refractivity contribution in [2.24, 2.45) is 0 Å². The Labute approximate surface area is 110 Å². The summed E-state index contributed by atoms with van der Waals surface area (Å²) in [6.07, 6.45) is 19.8. The first-order valence-corrected chi connectivity index (χ1v) is 6.67. The Kier molecular flexibility index (Phi) is 9.71. The average Bonchev–Trinajstić information content (AvgIpc) is 2.54. The summed E-state index contributed by atoms with van der Waals surface area (Å²) in [6.45, 7) is 4.13. The average molecular weight is 248 g/mol. The van der Waals surface area contributed by atoms with Gasteiger partial charge < -0.3 is 15.4 Å². The SMILES string of the molecule is C1=CCNCC1.C1=CCOC=C1.C1=CNCCC1. The van der Waals surface area contributed by atoms with Crippen molar-refractivity contribution in [2.75, 3.05) is 26.2 Å². The second-order valence-electron chi connectivity index (χ2n) is 4.05. The smallest absolute Gasteiger partial charge is 0.106 e. The van der Waals surface area contributed by atoms with Crippen LogP contribution in [0.5, 0.6) is 0 Å². The van der Waals surface area contributed by atoms with E-state index in [1.54, 1.807) is 6.26 Å². The number of hydrogen-bond donors (Lipinski definition) is 2. The fourth-order valence-corrected chi connectivity index (χ4v) is 1.49. The summed E-state index contributed by atoms with van der Waals surface area (Å²) < 4.78 is 4.80. The van der Waals surface area contributed by atoms with Crippen molar-refractivity contribution in [3.05, 3.63) is 48.9 Å². The summed E-state index contributed by atoms with van der Waals surface area (Å²) in [7, 11) is 0. The van der Waals surface area contributed by atoms with E-state index in [1.165, 1.54) is 19.3 Å². The quantitative estimate of drug-likeness (QED) is 0.646. The molecule has 3 heteroatoms.